The van der Waals surface area contributed by atoms with Gasteiger partial charge < -0.3 is 10.0 Å². The molecule has 0 aromatic carbocycles. The maximum absolute atomic E-state index is 13.8. The Balaban J connectivity index is 2.35. The van der Waals surface area contributed by atoms with E-state index in [-0.39, 0.29) is 18.1 Å². The van der Waals surface area contributed by atoms with Gasteiger partial charge in [0.2, 0.25) is 5.91 Å². The fraction of sp³-hybridized carbons (Fsp3) is 0.708. The second-order valence-electron chi connectivity index (χ2n) is 8.08. The SMILES string of the molecule is CC#Cc1cc(N(C(=O)C(CCCC)CCCC)C2CCC(O)CC2)c(C)s1. The quantitative estimate of drug-likeness (QED) is 0.509. The molecule has 0 saturated heterocycles. The van der Waals surface area contributed by atoms with Crippen molar-refractivity contribution in [2.75, 3.05) is 4.90 Å². The minimum atomic E-state index is -0.214. The highest BCUT2D eigenvalue weighted by Gasteiger charge is 2.34. The molecular formula is C24H37NO2S. The third-order valence-corrected chi connectivity index (χ3v) is 6.78. The summed E-state index contributed by atoms with van der Waals surface area (Å²) in [6.07, 6.45) is 9.53. The van der Waals surface area contributed by atoms with Crippen molar-refractivity contribution in [2.45, 2.75) is 104 Å². The topological polar surface area (TPSA) is 40.5 Å². The van der Waals surface area contributed by atoms with Crippen LogP contribution in [0.2, 0.25) is 0 Å². The molecule has 1 aliphatic rings. The van der Waals surface area contributed by atoms with Gasteiger partial charge in [-0.05, 0) is 58.4 Å². The first-order valence-corrected chi connectivity index (χ1v) is 11.9. The molecule has 0 atom stereocenters. The summed E-state index contributed by atoms with van der Waals surface area (Å²) < 4.78 is 0. The van der Waals surface area contributed by atoms with Crippen molar-refractivity contribution in [1.29, 1.82) is 0 Å². The Morgan fingerprint density at radius 2 is 1.82 bits per heavy atom. The summed E-state index contributed by atoms with van der Waals surface area (Å²) in [6, 6.07) is 2.30. The number of amides is 1. The summed E-state index contributed by atoms with van der Waals surface area (Å²) in [4.78, 5) is 18.1. The van der Waals surface area contributed by atoms with Crippen molar-refractivity contribution in [3.8, 4) is 11.8 Å². The molecule has 0 unspecified atom stereocenters. The maximum atomic E-state index is 13.8. The zero-order valence-corrected chi connectivity index (χ0v) is 18.9. The lowest BCUT2D eigenvalue weighted by atomic mass is 9.89. The molecule has 1 heterocycles. The Morgan fingerprint density at radius 1 is 1.21 bits per heavy atom. The normalized spacial score (nSPS) is 19.4. The highest BCUT2D eigenvalue weighted by atomic mass is 32.1. The molecule has 156 valence electrons. The van der Waals surface area contributed by atoms with Crippen LogP contribution in [-0.4, -0.2) is 23.2 Å². The smallest absolute Gasteiger partial charge is 0.230 e. The van der Waals surface area contributed by atoms with Gasteiger partial charge in [0, 0.05) is 16.8 Å². The Bertz CT molecular complexity index is 669. The minimum absolute atomic E-state index is 0.103. The van der Waals surface area contributed by atoms with E-state index in [0.717, 1.165) is 74.8 Å². The van der Waals surface area contributed by atoms with E-state index in [1.54, 1.807) is 11.3 Å². The van der Waals surface area contributed by atoms with Crippen LogP contribution in [0.3, 0.4) is 0 Å². The number of unbranched alkanes of at least 4 members (excludes halogenated alkanes) is 2. The largest absolute Gasteiger partial charge is 0.393 e. The fourth-order valence-corrected chi connectivity index (χ4v) is 5.11. The van der Waals surface area contributed by atoms with Crippen molar-refractivity contribution < 1.29 is 9.90 Å². The molecule has 1 fully saturated rings. The standard InChI is InChI=1S/C24H37NO2S/c1-5-8-11-19(12-9-6-2)24(27)25(20-13-15-21(26)16-14-20)23-17-22(10-7-3)28-18(23)4/h17,19-21,26H,5-6,8-9,11-16H2,1-4H3. The Morgan fingerprint density at radius 3 is 2.36 bits per heavy atom. The molecule has 1 aromatic rings. The monoisotopic (exact) mass is 403 g/mol. The molecule has 1 aromatic heterocycles. The Hall–Kier alpha value is -1.31. The third-order valence-electron chi connectivity index (χ3n) is 5.83. The van der Waals surface area contributed by atoms with Gasteiger partial charge in [-0.15, -0.1) is 17.3 Å². The van der Waals surface area contributed by atoms with Gasteiger partial charge in [0.1, 0.15) is 0 Å². The number of aryl methyl sites for hydroxylation is 1. The minimum Gasteiger partial charge on any atom is -0.393 e. The zero-order chi connectivity index (χ0) is 20.5. The zero-order valence-electron chi connectivity index (χ0n) is 18.1. The number of thiophene rings is 1. The average molecular weight is 404 g/mol. The van der Waals surface area contributed by atoms with Gasteiger partial charge in [-0.1, -0.05) is 45.5 Å². The van der Waals surface area contributed by atoms with Gasteiger partial charge >= 0.3 is 0 Å². The van der Waals surface area contributed by atoms with E-state index in [4.69, 9.17) is 0 Å². The van der Waals surface area contributed by atoms with Crippen molar-refractivity contribution in [1.82, 2.24) is 0 Å². The number of hydrogen-bond donors (Lipinski definition) is 1. The predicted octanol–water partition coefficient (Wildman–Crippen LogP) is 6.06. The molecule has 0 radical (unpaired) electrons. The molecule has 1 aliphatic carbocycles. The van der Waals surface area contributed by atoms with E-state index >= 15 is 0 Å². The Labute approximate surface area is 175 Å². The van der Waals surface area contributed by atoms with Crippen LogP contribution >= 0.6 is 11.3 Å². The average Bonchev–Trinajstić information content (AvgIpc) is 3.04. The van der Waals surface area contributed by atoms with Gasteiger partial charge in [0.05, 0.1) is 16.7 Å². The fourth-order valence-electron chi connectivity index (χ4n) is 4.20. The van der Waals surface area contributed by atoms with Gasteiger partial charge in [-0.25, -0.2) is 0 Å². The van der Waals surface area contributed by atoms with Gasteiger partial charge in [-0.2, -0.15) is 0 Å². The number of aliphatic hydroxyl groups is 1. The second-order valence-corrected chi connectivity index (χ2v) is 9.34. The number of aliphatic hydroxyl groups excluding tert-OH is 1. The lowest BCUT2D eigenvalue weighted by Gasteiger charge is -2.38. The van der Waals surface area contributed by atoms with Crippen LogP contribution in [0.25, 0.3) is 0 Å². The lowest BCUT2D eigenvalue weighted by Crippen LogP contribution is -2.46. The molecule has 0 bridgehead atoms. The van der Waals surface area contributed by atoms with Crippen LogP contribution in [0.1, 0.15) is 94.7 Å². The van der Waals surface area contributed by atoms with Gasteiger partial charge in [0.25, 0.3) is 0 Å². The highest BCUT2D eigenvalue weighted by Crippen LogP contribution is 2.36. The molecule has 0 aliphatic heterocycles. The second kappa shape index (κ2) is 11.6. The number of carbonyl (C=O) groups excluding carboxylic acids is 1. The maximum Gasteiger partial charge on any atom is 0.230 e. The summed E-state index contributed by atoms with van der Waals surface area (Å²) in [6.45, 7) is 8.35. The van der Waals surface area contributed by atoms with E-state index < -0.39 is 0 Å². The first-order chi connectivity index (χ1) is 13.5. The molecule has 2 rings (SSSR count). The molecular weight excluding hydrogens is 366 g/mol. The summed E-state index contributed by atoms with van der Waals surface area (Å²) in [5, 5.41) is 9.97. The van der Waals surface area contributed by atoms with Crippen LogP contribution in [-0.2, 0) is 4.79 Å². The lowest BCUT2D eigenvalue weighted by molar-refractivity contribution is -0.123. The number of carbonyl (C=O) groups is 1. The first-order valence-electron chi connectivity index (χ1n) is 11.1. The van der Waals surface area contributed by atoms with E-state index in [0.29, 0.717) is 5.91 Å². The van der Waals surface area contributed by atoms with Gasteiger partial charge in [-0.3, -0.25) is 4.79 Å². The molecule has 3 nitrogen and oxygen atoms in total. The third kappa shape index (κ3) is 6.09. The van der Waals surface area contributed by atoms with E-state index in [9.17, 15) is 9.90 Å². The number of nitrogens with zero attached hydrogens (tertiary/aromatic N) is 1. The molecule has 1 amide bonds. The molecule has 4 heteroatoms. The van der Waals surface area contributed by atoms with Crippen molar-refractivity contribution >= 4 is 22.9 Å². The van der Waals surface area contributed by atoms with Gasteiger partial charge in [0.15, 0.2) is 0 Å². The van der Waals surface area contributed by atoms with Crippen LogP contribution in [0.4, 0.5) is 5.69 Å². The van der Waals surface area contributed by atoms with Crippen LogP contribution in [0, 0.1) is 24.7 Å². The highest BCUT2D eigenvalue weighted by molar-refractivity contribution is 7.13. The van der Waals surface area contributed by atoms with E-state index in [2.05, 4.69) is 43.6 Å². The molecule has 0 spiro atoms. The number of hydrogen-bond acceptors (Lipinski definition) is 3. The van der Waals surface area contributed by atoms with Crippen LogP contribution < -0.4 is 4.90 Å². The Kier molecular flexibility index (Phi) is 9.55. The van der Waals surface area contributed by atoms with Crippen molar-refractivity contribution in [3.05, 3.63) is 15.8 Å². The number of rotatable bonds is 9. The molecule has 1 N–H and O–H groups in total. The van der Waals surface area contributed by atoms with Crippen LogP contribution in [0.5, 0.6) is 0 Å². The number of anilines is 1. The summed E-state index contributed by atoms with van der Waals surface area (Å²) in [7, 11) is 0. The summed E-state index contributed by atoms with van der Waals surface area (Å²) >= 11 is 1.68. The summed E-state index contributed by atoms with van der Waals surface area (Å²) in [5.74, 6) is 6.54. The van der Waals surface area contributed by atoms with E-state index in [1.807, 2.05) is 6.92 Å². The van der Waals surface area contributed by atoms with Crippen LogP contribution in [0.15, 0.2) is 6.07 Å². The van der Waals surface area contributed by atoms with Crippen molar-refractivity contribution in [3.63, 3.8) is 0 Å². The predicted molar refractivity (Wildman–Crippen MR) is 120 cm³/mol. The molecule has 1 saturated carbocycles. The first kappa shape index (κ1) is 23.0. The summed E-state index contributed by atoms with van der Waals surface area (Å²) in [5.41, 5.74) is 1.05. The molecule has 28 heavy (non-hydrogen) atoms. The van der Waals surface area contributed by atoms with Crippen molar-refractivity contribution in [2.24, 2.45) is 5.92 Å². The van der Waals surface area contributed by atoms with E-state index in [1.165, 1.54) is 4.88 Å².